The van der Waals surface area contributed by atoms with E-state index in [2.05, 4.69) is 45.2 Å². The van der Waals surface area contributed by atoms with Crippen LogP contribution in [-0.2, 0) is 19.5 Å². The molecule has 5 nitrogen and oxygen atoms in total. The number of nitrogens with zero attached hydrogens (tertiary/aromatic N) is 3. The lowest BCUT2D eigenvalue weighted by atomic mass is 10.0. The van der Waals surface area contributed by atoms with Crippen LogP contribution in [0, 0.1) is 6.92 Å². The monoisotopic (exact) mass is 326 g/mol. The van der Waals surface area contributed by atoms with Gasteiger partial charge in [0.1, 0.15) is 17.4 Å². The van der Waals surface area contributed by atoms with Crippen molar-refractivity contribution in [3.8, 4) is 5.75 Å². The van der Waals surface area contributed by atoms with E-state index in [0.717, 1.165) is 56.4 Å². The Labute approximate surface area is 143 Å². The fourth-order valence-corrected chi connectivity index (χ4v) is 3.78. The Balaban J connectivity index is 1.51. The smallest absolute Gasteiger partial charge is 0.147 e. The van der Waals surface area contributed by atoms with Crippen molar-refractivity contribution in [2.24, 2.45) is 0 Å². The van der Waals surface area contributed by atoms with Gasteiger partial charge in [0.25, 0.3) is 0 Å². The molecule has 0 fully saturated rings. The van der Waals surface area contributed by atoms with Crippen molar-refractivity contribution in [3.05, 3.63) is 41.0 Å². The molecule has 2 aliphatic heterocycles. The van der Waals surface area contributed by atoms with Gasteiger partial charge in [-0.05, 0) is 44.2 Å². The summed E-state index contributed by atoms with van der Waals surface area (Å²) in [7, 11) is 0. The van der Waals surface area contributed by atoms with Crippen LogP contribution in [0.4, 0.5) is 0 Å². The van der Waals surface area contributed by atoms with Gasteiger partial charge < -0.3 is 14.6 Å². The SMILES string of the molecule is Cc1ccc2c(c1)OCCC[C@@H]2NCc1nnc2n1CCCCC2. The normalized spacial score (nSPS) is 20.5. The molecule has 0 amide bonds. The lowest BCUT2D eigenvalue weighted by molar-refractivity contribution is 0.315. The van der Waals surface area contributed by atoms with E-state index in [9.17, 15) is 0 Å². The molecule has 2 aromatic rings. The first-order valence-corrected chi connectivity index (χ1v) is 9.19. The van der Waals surface area contributed by atoms with Crippen LogP contribution in [0.15, 0.2) is 18.2 Å². The van der Waals surface area contributed by atoms with Crippen molar-refractivity contribution in [3.63, 3.8) is 0 Å². The van der Waals surface area contributed by atoms with E-state index in [-0.39, 0.29) is 0 Å². The van der Waals surface area contributed by atoms with Crippen molar-refractivity contribution in [2.45, 2.75) is 64.6 Å². The fourth-order valence-electron chi connectivity index (χ4n) is 3.78. The zero-order valence-corrected chi connectivity index (χ0v) is 14.4. The van der Waals surface area contributed by atoms with Crippen LogP contribution in [0.1, 0.15) is 60.9 Å². The molecular weight excluding hydrogens is 300 g/mol. The molecule has 4 rings (SSSR count). The van der Waals surface area contributed by atoms with Crippen LogP contribution >= 0.6 is 0 Å². The minimum absolute atomic E-state index is 0.321. The minimum atomic E-state index is 0.321. The molecule has 3 heterocycles. The summed E-state index contributed by atoms with van der Waals surface area (Å²) in [4.78, 5) is 0. The van der Waals surface area contributed by atoms with Gasteiger partial charge in [0.05, 0.1) is 13.2 Å². The highest BCUT2D eigenvalue weighted by molar-refractivity contribution is 5.39. The van der Waals surface area contributed by atoms with E-state index in [0.29, 0.717) is 6.04 Å². The molecule has 0 saturated carbocycles. The van der Waals surface area contributed by atoms with Crippen LogP contribution in [-0.4, -0.2) is 21.4 Å². The molecule has 1 aromatic heterocycles. The average Bonchev–Trinajstić information content (AvgIpc) is 2.76. The van der Waals surface area contributed by atoms with Crippen LogP contribution in [0.3, 0.4) is 0 Å². The van der Waals surface area contributed by atoms with Crippen molar-refractivity contribution < 1.29 is 4.74 Å². The third-order valence-electron chi connectivity index (χ3n) is 5.13. The summed E-state index contributed by atoms with van der Waals surface area (Å²) in [5, 5.41) is 12.5. The third kappa shape index (κ3) is 3.18. The van der Waals surface area contributed by atoms with Gasteiger partial charge in [-0.1, -0.05) is 18.6 Å². The van der Waals surface area contributed by atoms with Crippen LogP contribution in [0.25, 0.3) is 0 Å². The van der Waals surface area contributed by atoms with E-state index in [1.54, 1.807) is 0 Å². The lowest BCUT2D eigenvalue weighted by Gasteiger charge is -2.19. The van der Waals surface area contributed by atoms with Crippen molar-refractivity contribution in [1.82, 2.24) is 20.1 Å². The molecule has 5 heteroatoms. The molecule has 0 spiro atoms. The van der Waals surface area contributed by atoms with Gasteiger partial charge in [-0.25, -0.2) is 0 Å². The van der Waals surface area contributed by atoms with Gasteiger partial charge in [-0.15, -0.1) is 10.2 Å². The molecule has 0 radical (unpaired) electrons. The maximum Gasteiger partial charge on any atom is 0.147 e. The Morgan fingerprint density at radius 1 is 1.21 bits per heavy atom. The maximum atomic E-state index is 5.93. The minimum Gasteiger partial charge on any atom is -0.493 e. The Morgan fingerprint density at radius 2 is 2.17 bits per heavy atom. The van der Waals surface area contributed by atoms with E-state index >= 15 is 0 Å². The van der Waals surface area contributed by atoms with Gasteiger partial charge >= 0.3 is 0 Å². The van der Waals surface area contributed by atoms with E-state index in [1.807, 2.05) is 0 Å². The van der Waals surface area contributed by atoms with E-state index in [4.69, 9.17) is 4.74 Å². The van der Waals surface area contributed by atoms with Gasteiger partial charge in [-0.3, -0.25) is 0 Å². The first-order valence-electron chi connectivity index (χ1n) is 9.19. The highest BCUT2D eigenvalue weighted by atomic mass is 16.5. The lowest BCUT2D eigenvalue weighted by Crippen LogP contribution is -2.23. The highest BCUT2D eigenvalue weighted by Crippen LogP contribution is 2.32. The molecule has 1 aromatic carbocycles. The van der Waals surface area contributed by atoms with E-state index < -0.39 is 0 Å². The molecule has 128 valence electrons. The largest absolute Gasteiger partial charge is 0.493 e. The molecule has 0 aliphatic carbocycles. The molecule has 1 N–H and O–H groups in total. The number of hydrogen-bond acceptors (Lipinski definition) is 4. The quantitative estimate of drug-likeness (QED) is 0.940. The average molecular weight is 326 g/mol. The molecule has 2 aliphatic rings. The summed E-state index contributed by atoms with van der Waals surface area (Å²) in [6.07, 6.45) is 6.99. The Bertz CT molecular complexity index is 709. The number of hydrogen-bond donors (Lipinski definition) is 1. The number of aryl methyl sites for hydroxylation is 2. The second kappa shape index (κ2) is 6.93. The standard InChI is InChI=1S/C19H26N4O/c1-14-8-9-15-16(6-5-11-24-17(15)12-14)20-13-19-22-21-18-7-3-2-4-10-23(18)19/h8-9,12,16,20H,2-7,10-11,13H2,1H3/t16-/m0/s1. The first-order chi connectivity index (χ1) is 11.8. The van der Waals surface area contributed by atoms with Gasteiger partial charge in [0.2, 0.25) is 0 Å². The number of ether oxygens (including phenoxy) is 1. The zero-order chi connectivity index (χ0) is 16.4. The topological polar surface area (TPSA) is 52.0 Å². The summed E-state index contributed by atoms with van der Waals surface area (Å²) in [5.74, 6) is 3.26. The molecule has 0 unspecified atom stereocenters. The predicted molar refractivity (Wildman–Crippen MR) is 93.1 cm³/mol. The molecule has 0 saturated heterocycles. The first kappa shape index (κ1) is 15.6. The molecule has 0 bridgehead atoms. The van der Waals surface area contributed by atoms with E-state index in [1.165, 1.54) is 30.4 Å². The van der Waals surface area contributed by atoms with Crippen molar-refractivity contribution in [1.29, 1.82) is 0 Å². The highest BCUT2D eigenvalue weighted by Gasteiger charge is 2.21. The Kier molecular flexibility index (Phi) is 4.52. The summed E-state index contributed by atoms with van der Waals surface area (Å²) in [5.41, 5.74) is 2.52. The molecular formula is C19H26N4O. The zero-order valence-electron chi connectivity index (χ0n) is 14.4. The van der Waals surface area contributed by atoms with Crippen LogP contribution in [0.2, 0.25) is 0 Å². The number of aromatic nitrogens is 3. The van der Waals surface area contributed by atoms with Gasteiger partial charge in [-0.2, -0.15) is 0 Å². The van der Waals surface area contributed by atoms with Crippen LogP contribution < -0.4 is 10.1 Å². The summed E-state index contributed by atoms with van der Waals surface area (Å²) < 4.78 is 8.25. The molecule has 24 heavy (non-hydrogen) atoms. The maximum absolute atomic E-state index is 5.93. The number of nitrogens with one attached hydrogen (secondary N) is 1. The fraction of sp³-hybridized carbons (Fsp3) is 0.579. The van der Waals surface area contributed by atoms with Crippen LogP contribution in [0.5, 0.6) is 5.75 Å². The Hall–Kier alpha value is -1.88. The summed E-state index contributed by atoms with van der Waals surface area (Å²) >= 11 is 0. The number of fused-ring (bicyclic) bond motifs is 2. The Morgan fingerprint density at radius 3 is 3.12 bits per heavy atom. The van der Waals surface area contributed by atoms with Gasteiger partial charge in [0, 0.05) is 24.6 Å². The second-order valence-corrected chi connectivity index (χ2v) is 6.96. The third-order valence-corrected chi connectivity index (χ3v) is 5.13. The number of benzene rings is 1. The van der Waals surface area contributed by atoms with Crippen molar-refractivity contribution >= 4 is 0 Å². The predicted octanol–water partition coefficient (Wildman–Crippen LogP) is 3.32. The van der Waals surface area contributed by atoms with Gasteiger partial charge in [0.15, 0.2) is 0 Å². The molecule has 1 atom stereocenters. The summed E-state index contributed by atoms with van der Waals surface area (Å²) in [6, 6.07) is 6.85. The second-order valence-electron chi connectivity index (χ2n) is 6.96. The summed E-state index contributed by atoms with van der Waals surface area (Å²) in [6.45, 7) is 4.74. The van der Waals surface area contributed by atoms with Crippen molar-refractivity contribution in [2.75, 3.05) is 6.61 Å². The number of rotatable bonds is 3.